The summed E-state index contributed by atoms with van der Waals surface area (Å²) >= 11 is 2.08. The summed E-state index contributed by atoms with van der Waals surface area (Å²) in [5.41, 5.74) is 0. The van der Waals surface area contributed by atoms with Gasteiger partial charge in [0, 0.05) is 19.2 Å². The van der Waals surface area contributed by atoms with Gasteiger partial charge in [0.15, 0.2) is 8.32 Å². The Balaban J connectivity index is 1.97. The van der Waals surface area contributed by atoms with Crippen LogP contribution in [0.15, 0.2) is 0 Å². The van der Waals surface area contributed by atoms with Crippen LogP contribution in [0.5, 0.6) is 0 Å². The molecule has 0 aliphatic carbocycles. The van der Waals surface area contributed by atoms with Crippen molar-refractivity contribution in [3.8, 4) is 0 Å². The number of rotatable bonds is 5. The van der Waals surface area contributed by atoms with Gasteiger partial charge >= 0.3 is 0 Å². The van der Waals surface area contributed by atoms with Gasteiger partial charge in [0.2, 0.25) is 0 Å². The maximum atomic E-state index is 5.79. The fourth-order valence-corrected chi connectivity index (χ4v) is 3.34. The van der Waals surface area contributed by atoms with Crippen molar-refractivity contribution in [1.82, 2.24) is 5.32 Å². The van der Waals surface area contributed by atoms with Crippen molar-refractivity contribution < 1.29 is 4.43 Å². The highest BCUT2D eigenvalue weighted by atomic mass is 32.2. The Morgan fingerprint density at radius 2 is 1.93 bits per heavy atom. The van der Waals surface area contributed by atoms with Crippen molar-refractivity contribution in [2.75, 3.05) is 24.7 Å². The van der Waals surface area contributed by atoms with E-state index in [2.05, 4.69) is 36.7 Å². The molecule has 0 aromatic carbocycles. The highest BCUT2D eigenvalue weighted by Gasteiger charge is 2.15. The molecule has 0 unspecified atom stereocenters. The first-order chi connectivity index (χ1) is 6.58. The van der Waals surface area contributed by atoms with Gasteiger partial charge in [-0.25, -0.2) is 0 Å². The summed E-state index contributed by atoms with van der Waals surface area (Å²) in [5, 5.41) is 3.58. The molecule has 0 saturated carbocycles. The highest BCUT2D eigenvalue weighted by molar-refractivity contribution is 7.99. The van der Waals surface area contributed by atoms with E-state index < -0.39 is 8.32 Å². The molecule has 1 aliphatic heterocycles. The minimum atomic E-state index is -1.29. The molecule has 0 amide bonds. The maximum Gasteiger partial charge on any atom is 0.183 e. The van der Waals surface area contributed by atoms with E-state index in [1.54, 1.807) is 0 Å². The largest absolute Gasteiger partial charge is 0.416 e. The summed E-state index contributed by atoms with van der Waals surface area (Å²) in [4.78, 5) is 0. The van der Waals surface area contributed by atoms with Crippen LogP contribution in [0.3, 0.4) is 0 Å². The van der Waals surface area contributed by atoms with E-state index in [1.807, 2.05) is 0 Å². The average Bonchev–Trinajstić information content (AvgIpc) is 2.13. The highest BCUT2D eigenvalue weighted by Crippen LogP contribution is 2.16. The Bertz CT molecular complexity index is 155. The third-order valence-electron chi connectivity index (χ3n) is 2.29. The molecule has 1 saturated heterocycles. The van der Waals surface area contributed by atoms with Crippen molar-refractivity contribution in [2.45, 2.75) is 38.5 Å². The molecule has 84 valence electrons. The molecule has 1 rings (SSSR count). The van der Waals surface area contributed by atoms with Gasteiger partial charge in [-0.15, -0.1) is 0 Å². The van der Waals surface area contributed by atoms with Crippen LogP contribution in [-0.2, 0) is 4.43 Å². The van der Waals surface area contributed by atoms with Gasteiger partial charge in [-0.2, -0.15) is 11.8 Å². The minimum Gasteiger partial charge on any atom is -0.416 e. The predicted molar refractivity (Wildman–Crippen MR) is 67.6 cm³/mol. The van der Waals surface area contributed by atoms with Crippen molar-refractivity contribution in [2.24, 2.45) is 0 Å². The summed E-state index contributed by atoms with van der Waals surface area (Å²) in [6.07, 6.45) is 2.66. The van der Waals surface area contributed by atoms with E-state index >= 15 is 0 Å². The van der Waals surface area contributed by atoms with Crippen LogP contribution in [0, 0.1) is 0 Å². The summed E-state index contributed by atoms with van der Waals surface area (Å²) in [7, 11) is -1.29. The van der Waals surface area contributed by atoms with E-state index in [4.69, 9.17) is 4.43 Å². The van der Waals surface area contributed by atoms with Gasteiger partial charge in [-0.3, -0.25) is 0 Å². The first kappa shape index (κ1) is 12.6. The van der Waals surface area contributed by atoms with Crippen LogP contribution >= 0.6 is 11.8 Å². The van der Waals surface area contributed by atoms with E-state index in [0.717, 1.165) is 19.2 Å². The van der Waals surface area contributed by atoms with Crippen LogP contribution in [-0.4, -0.2) is 39.0 Å². The third-order valence-corrected chi connectivity index (χ3v) is 4.41. The third kappa shape index (κ3) is 6.06. The molecule has 14 heavy (non-hydrogen) atoms. The number of hydrogen-bond donors (Lipinski definition) is 1. The zero-order valence-electron chi connectivity index (χ0n) is 9.64. The molecule has 0 radical (unpaired) electrons. The summed E-state index contributed by atoms with van der Waals surface area (Å²) < 4.78 is 5.79. The lowest BCUT2D eigenvalue weighted by Crippen LogP contribution is -2.37. The maximum absolute atomic E-state index is 5.79. The second kappa shape index (κ2) is 6.15. The van der Waals surface area contributed by atoms with E-state index in [0.29, 0.717) is 0 Å². The molecule has 1 aliphatic rings. The van der Waals surface area contributed by atoms with Crippen LogP contribution in [0.1, 0.15) is 12.8 Å². The number of hydrogen-bond acceptors (Lipinski definition) is 3. The van der Waals surface area contributed by atoms with Crippen LogP contribution in [0.4, 0.5) is 0 Å². The molecular formula is C10H23NOSSi. The SMILES string of the molecule is C[Si](C)(C)OCCNC1CCSCC1. The Hall–Kier alpha value is 0.487. The quantitative estimate of drug-likeness (QED) is 0.582. The van der Waals surface area contributed by atoms with Crippen molar-refractivity contribution in [3.05, 3.63) is 0 Å². The molecule has 0 spiro atoms. The fourth-order valence-electron chi connectivity index (χ4n) is 1.52. The summed E-state index contributed by atoms with van der Waals surface area (Å²) in [6, 6.07) is 0.751. The van der Waals surface area contributed by atoms with Gasteiger partial charge in [-0.05, 0) is 44.0 Å². The van der Waals surface area contributed by atoms with Crippen molar-refractivity contribution in [3.63, 3.8) is 0 Å². The first-order valence-electron chi connectivity index (χ1n) is 5.53. The van der Waals surface area contributed by atoms with Crippen molar-refractivity contribution in [1.29, 1.82) is 0 Å². The Labute approximate surface area is 93.3 Å². The van der Waals surface area contributed by atoms with Crippen LogP contribution < -0.4 is 5.32 Å². The lowest BCUT2D eigenvalue weighted by atomic mass is 10.1. The molecule has 0 atom stereocenters. The van der Waals surface area contributed by atoms with E-state index in [1.165, 1.54) is 24.3 Å². The predicted octanol–water partition coefficient (Wildman–Crippen LogP) is 2.32. The Kier molecular flexibility index (Phi) is 5.52. The van der Waals surface area contributed by atoms with Gasteiger partial charge in [-0.1, -0.05) is 0 Å². The topological polar surface area (TPSA) is 21.3 Å². The van der Waals surface area contributed by atoms with Crippen LogP contribution in [0.25, 0.3) is 0 Å². The van der Waals surface area contributed by atoms with Gasteiger partial charge in [0.1, 0.15) is 0 Å². The van der Waals surface area contributed by atoms with Crippen molar-refractivity contribution >= 4 is 20.1 Å². The molecule has 0 aromatic rings. The zero-order chi connectivity index (χ0) is 10.4. The normalized spacial score (nSPS) is 19.9. The molecule has 2 nitrogen and oxygen atoms in total. The number of nitrogens with one attached hydrogen (secondary N) is 1. The molecule has 1 fully saturated rings. The summed E-state index contributed by atoms with van der Waals surface area (Å²) in [6.45, 7) is 8.64. The average molecular weight is 233 g/mol. The second-order valence-electron chi connectivity index (χ2n) is 4.80. The minimum absolute atomic E-state index is 0.751. The fraction of sp³-hybridized carbons (Fsp3) is 1.00. The molecular weight excluding hydrogens is 210 g/mol. The smallest absolute Gasteiger partial charge is 0.183 e. The van der Waals surface area contributed by atoms with Gasteiger partial charge in [0.05, 0.1) is 0 Å². The molecule has 0 bridgehead atoms. The molecule has 0 aromatic heterocycles. The standard InChI is InChI=1S/C10H23NOSSi/c1-14(2,3)12-7-6-11-10-4-8-13-9-5-10/h10-11H,4-9H2,1-3H3. The second-order valence-corrected chi connectivity index (χ2v) is 10.5. The zero-order valence-corrected chi connectivity index (χ0v) is 11.5. The molecule has 1 N–H and O–H groups in total. The van der Waals surface area contributed by atoms with E-state index in [-0.39, 0.29) is 0 Å². The van der Waals surface area contributed by atoms with Crippen LogP contribution in [0.2, 0.25) is 19.6 Å². The molecule has 4 heteroatoms. The first-order valence-corrected chi connectivity index (χ1v) is 10.1. The monoisotopic (exact) mass is 233 g/mol. The summed E-state index contributed by atoms with van der Waals surface area (Å²) in [5.74, 6) is 2.65. The Morgan fingerprint density at radius 1 is 1.29 bits per heavy atom. The molecule has 1 heterocycles. The lowest BCUT2D eigenvalue weighted by molar-refractivity contribution is 0.296. The lowest BCUT2D eigenvalue weighted by Gasteiger charge is -2.24. The number of thioether (sulfide) groups is 1. The van der Waals surface area contributed by atoms with Gasteiger partial charge < -0.3 is 9.74 Å². The Morgan fingerprint density at radius 3 is 2.50 bits per heavy atom. The van der Waals surface area contributed by atoms with Gasteiger partial charge in [0.25, 0.3) is 0 Å². The van der Waals surface area contributed by atoms with E-state index in [9.17, 15) is 0 Å².